The Morgan fingerprint density at radius 3 is 2.53 bits per heavy atom. The molecule has 0 atom stereocenters. The van der Waals surface area contributed by atoms with E-state index in [0.29, 0.717) is 30.7 Å². The summed E-state index contributed by atoms with van der Waals surface area (Å²) in [6.45, 7) is 5.84. The average Bonchev–Trinajstić information content (AvgIpc) is 2.74. The van der Waals surface area contributed by atoms with Crippen LogP contribution in [0.1, 0.15) is 32.3 Å². The lowest BCUT2D eigenvalue weighted by Gasteiger charge is -2.37. The number of nitrogens with zero attached hydrogens (tertiary/aromatic N) is 1. The fourth-order valence-electron chi connectivity index (χ4n) is 3.68. The molecule has 0 bridgehead atoms. The molecule has 1 aliphatic heterocycles. The van der Waals surface area contributed by atoms with Crippen molar-refractivity contribution in [3.05, 3.63) is 53.1 Å². The number of hydrogen-bond acceptors (Lipinski definition) is 4. The molecule has 0 amide bonds. The number of anilines is 1. The third kappa shape index (κ3) is 5.58. The number of hydrogen-bond donors (Lipinski definition) is 2. The van der Waals surface area contributed by atoms with Gasteiger partial charge < -0.3 is 25.3 Å². The van der Waals surface area contributed by atoms with Gasteiger partial charge in [0, 0.05) is 34.9 Å². The van der Waals surface area contributed by atoms with Gasteiger partial charge in [-0.15, -0.1) is 0 Å². The largest absolute Gasteiger partial charge is 0.496 e. The number of nitrogens with one attached hydrogen (secondary N) is 1. The summed E-state index contributed by atoms with van der Waals surface area (Å²) in [5.41, 5.74) is 7.86. The first-order valence-corrected chi connectivity index (χ1v) is 10.5. The fourth-order valence-corrected chi connectivity index (χ4v) is 3.85. The molecule has 6 nitrogen and oxygen atoms in total. The molecule has 0 aliphatic carbocycles. The molecule has 1 aliphatic rings. The Hall–Kier alpha value is -2.44. The zero-order valence-electron chi connectivity index (χ0n) is 17.8. The number of ether oxygens (including phenoxy) is 3. The number of methoxy groups -OCH3 is 1. The van der Waals surface area contributed by atoms with Crippen molar-refractivity contribution in [2.45, 2.75) is 38.2 Å². The summed E-state index contributed by atoms with van der Waals surface area (Å²) >= 11 is 6.30. The fraction of sp³-hybridized carbons (Fsp3) is 0.435. The lowest BCUT2D eigenvalue weighted by atomic mass is 9.73. The maximum atomic E-state index is 6.30. The normalized spacial score (nSPS) is 16.4. The van der Waals surface area contributed by atoms with E-state index in [1.54, 1.807) is 7.11 Å². The number of rotatable bonds is 7. The molecule has 2 aromatic rings. The molecule has 3 N–H and O–H groups in total. The number of nitrogens with two attached hydrogens (primary N) is 1. The van der Waals surface area contributed by atoms with Gasteiger partial charge in [0.05, 0.1) is 19.8 Å². The summed E-state index contributed by atoms with van der Waals surface area (Å²) in [4.78, 5) is 4.67. The number of guanidine groups is 1. The van der Waals surface area contributed by atoms with Crippen LogP contribution in [0, 0.1) is 0 Å². The molecular formula is C23H30ClN3O3. The van der Waals surface area contributed by atoms with Gasteiger partial charge in [-0.25, -0.2) is 0 Å². The molecule has 3 rings (SSSR count). The van der Waals surface area contributed by atoms with Crippen molar-refractivity contribution in [3.63, 3.8) is 0 Å². The maximum absolute atomic E-state index is 6.30. The van der Waals surface area contributed by atoms with E-state index in [9.17, 15) is 0 Å². The first-order chi connectivity index (χ1) is 14.4. The molecule has 0 spiro atoms. The van der Waals surface area contributed by atoms with Crippen molar-refractivity contribution in [3.8, 4) is 11.5 Å². The lowest BCUT2D eigenvalue weighted by Crippen LogP contribution is -2.38. The second-order valence-electron chi connectivity index (χ2n) is 7.75. The smallest absolute Gasteiger partial charge is 0.193 e. The van der Waals surface area contributed by atoms with Crippen LogP contribution in [0.2, 0.25) is 5.02 Å². The molecule has 0 unspecified atom stereocenters. The summed E-state index contributed by atoms with van der Waals surface area (Å²) in [5.74, 6) is 1.99. The average molecular weight is 432 g/mol. The van der Waals surface area contributed by atoms with E-state index in [4.69, 9.17) is 31.5 Å². The van der Waals surface area contributed by atoms with Crippen LogP contribution in [0.3, 0.4) is 0 Å². The molecule has 0 aromatic heterocycles. The monoisotopic (exact) mass is 431 g/mol. The Kier molecular flexibility index (Phi) is 7.45. The molecule has 1 fully saturated rings. The van der Waals surface area contributed by atoms with E-state index >= 15 is 0 Å². The Labute approximate surface area is 183 Å². The van der Waals surface area contributed by atoms with Gasteiger partial charge in [0.2, 0.25) is 0 Å². The van der Waals surface area contributed by atoms with E-state index in [0.717, 1.165) is 35.6 Å². The highest BCUT2D eigenvalue weighted by Crippen LogP contribution is 2.41. The highest BCUT2D eigenvalue weighted by atomic mass is 35.5. The van der Waals surface area contributed by atoms with E-state index in [1.165, 1.54) is 0 Å². The summed E-state index contributed by atoms with van der Waals surface area (Å²) in [5, 5.41) is 3.83. The number of halogens is 1. The minimum absolute atomic E-state index is 0.134. The quantitative estimate of drug-likeness (QED) is 0.494. The highest BCUT2D eigenvalue weighted by Gasteiger charge is 2.37. The van der Waals surface area contributed by atoms with Crippen molar-refractivity contribution in [1.29, 1.82) is 0 Å². The molecular weight excluding hydrogens is 402 g/mol. The van der Waals surface area contributed by atoms with Gasteiger partial charge in [-0.1, -0.05) is 11.6 Å². The summed E-state index contributed by atoms with van der Waals surface area (Å²) < 4.78 is 16.9. The van der Waals surface area contributed by atoms with Crippen LogP contribution < -0.4 is 20.5 Å². The van der Waals surface area contributed by atoms with Gasteiger partial charge in [0.1, 0.15) is 11.5 Å². The molecule has 1 saturated heterocycles. The topological polar surface area (TPSA) is 78.1 Å². The predicted octanol–water partition coefficient (Wildman–Crippen LogP) is 4.61. The molecule has 2 aromatic carbocycles. The molecule has 162 valence electrons. The number of aliphatic imine (C=N–C) groups is 1. The first-order valence-electron chi connectivity index (χ1n) is 10.2. The highest BCUT2D eigenvalue weighted by molar-refractivity contribution is 6.30. The van der Waals surface area contributed by atoms with Crippen molar-refractivity contribution in [1.82, 2.24) is 0 Å². The van der Waals surface area contributed by atoms with Gasteiger partial charge in [0.15, 0.2) is 5.96 Å². The number of benzene rings is 2. The van der Waals surface area contributed by atoms with E-state index in [2.05, 4.69) is 10.3 Å². The minimum Gasteiger partial charge on any atom is -0.496 e. The maximum Gasteiger partial charge on any atom is 0.193 e. The van der Waals surface area contributed by atoms with Crippen molar-refractivity contribution in [2.75, 3.05) is 32.2 Å². The van der Waals surface area contributed by atoms with E-state index < -0.39 is 0 Å². The van der Waals surface area contributed by atoms with Gasteiger partial charge in [-0.3, -0.25) is 4.99 Å². The predicted molar refractivity (Wildman–Crippen MR) is 122 cm³/mol. The summed E-state index contributed by atoms with van der Waals surface area (Å²) in [6.07, 6.45) is 1.78. The molecule has 30 heavy (non-hydrogen) atoms. The van der Waals surface area contributed by atoms with Crippen LogP contribution in [0.25, 0.3) is 0 Å². The Bertz CT molecular complexity index is 862. The van der Waals surface area contributed by atoms with Crippen LogP contribution in [0.15, 0.2) is 47.5 Å². The van der Waals surface area contributed by atoms with E-state index in [1.807, 2.05) is 56.3 Å². The standard InChI is InChI=1S/C23H30ClN3O3/c1-16(2)30-19-7-5-18(6-8-19)27-22(25)26-15-23(10-12-29-13-11-23)20-14-17(24)4-9-21(20)28-3/h4-9,14,16H,10-13,15H2,1-3H3,(H3,25,26,27). The van der Waals surface area contributed by atoms with Crippen molar-refractivity contribution < 1.29 is 14.2 Å². The van der Waals surface area contributed by atoms with Crippen LogP contribution in [0.4, 0.5) is 5.69 Å². The van der Waals surface area contributed by atoms with Gasteiger partial charge in [-0.05, 0) is 69.2 Å². The summed E-state index contributed by atoms with van der Waals surface area (Å²) in [7, 11) is 1.67. The van der Waals surface area contributed by atoms with E-state index in [-0.39, 0.29) is 11.5 Å². The second-order valence-corrected chi connectivity index (χ2v) is 8.19. The Morgan fingerprint density at radius 2 is 1.90 bits per heavy atom. The lowest BCUT2D eigenvalue weighted by molar-refractivity contribution is 0.0523. The first kappa shape index (κ1) is 22.2. The van der Waals surface area contributed by atoms with Gasteiger partial charge in [0.25, 0.3) is 0 Å². The Balaban J connectivity index is 1.77. The molecule has 0 radical (unpaired) electrons. The SMILES string of the molecule is COc1ccc(Cl)cc1C1(CN=C(N)Nc2ccc(OC(C)C)cc2)CCOCC1. The molecule has 1 heterocycles. The van der Waals surface area contributed by atoms with Crippen molar-refractivity contribution in [2.24, 2.45) is 10.7 Å². The molecule has 7 heteroatoms. The third-order valence-corrected chi connectivity index (χ3v) is 5.47. The van der Waals surface area contributed by atoms with Gasteiger partial charge >= 0.3 is 0 Å². The minimum atomic E-state index is -0.240. The molecule has 0 saturated carbocycles. The third-order valence-electron chi connectivity index (χ3n) is 5.23. The van der Waals surface area contributed by atoms with Crippen molar-refractivity contribution >= 4 is 23.2 Å². The summed E-state index contributed by atoms with van der Waals surface area (Å²) in [6, 6.07) is 13.4. The zero-order chi connectivity index (χ0) is 21.6. The van der Waals surface area contributed by atoms with Crippen LogP contribution in [-0.4, -0.2) is 38.9 Å². The zero-order valence-corrected chi connectivity index (χ0v) is 18.5. The Morgan fingerprint density at radius 1 is 1.20 bits per heavy atom. The second kappa shape index (κ2) is 10.0. The van der Waals surface area contributed by atoms with Gasteiger partial charge in [-0.2, -0.15) is 0 Å². The van der Waals surface area contributed by atoms with Crippen LogP contribution in [-0.2, 0) is 10.2 Å². The van der Waals surface area contributed by atoms with Crippen LogP contribution in [0.5, 0.6) is 11.5 Å². The van der Waals surface area contributed by atoms with Crippen LogP contribution >= 0.6 is 11.6 Å².